The predicted octanol–water partition coefficient (Wildman–Crippen LogP) is 2.85. The lowest BCUT2D eigenvalue weighted by Gasteiger charge is -2.10. The van der Waals surface area contributed by atoms with Crippen molar-refractivity contribution < 1.29 is 9.59 Å². The minimum absolute atomic E-state index is 0.0631. The zero-order valence-corrected chi connectivity index (χ0v) is 18.4. The highest BCUT2D eigenvalue weighted by Gasteiger charge is 2.19. The quantitative estimate of drug-likeness (QED) is 0.458. The zero-order chi connectivity index (χ0) is 22.7. The van der Waals surface area contributed by atoms with Gasteiger partial charge in [0, 0.05) is 18.4 Å². The molecule has 0 saturated heterocycles. The summed E-state index contributed by atoms with van der Waals surface area (Å²) < 4.78 is 1.22. The summed E-state index contributed by atoms with van der Waals surface area (Å²) in [7, 11) is 0. The molecular weight excluding hydrogens is 426 g/mol. The number of benzene rings is 2. The number of rotatable bonds is 5. The van der Waals surface area contributed by atoms with Crippen LogP contribution in [0.5, 0.6) is 0 Å². The van der Waals surface area contributed by atoms with Crippen LogP contribution in [0, 0.1) is 6.92 Å². The molecule has 2 amide bonds. The molecule has 0 aliphatic rings. The van der Waals surface area contributed by atoms with Crippen molar-refractivity contribution in [1.82, 2.24) is 25.6 Å². The van der Waals surface area contributed by atoms with Gasteiger partial charge in [0.2, 0.25) is 0 Å². The van der Waals surface area contributed by atoms with E-state index in [-0.39, 0.29) is 11.3 Å². The highest BCUT2D eigenvalue weighted by molar-refractivity contribution is 7.13. The monoisotopic (exact) mass is 447 g/mol. The number of carbonyl (C=O) groups is 2. The van der Waals surface area contributed by atoms with Crippen molar-refractivity contribution in [2.75, 3.05) is 0 Å². The molecule has 0 saturated carbocycles. The second-order valence-corrected chi connectivity index (χ2v) is 8.19. The smallest absolute Gasteiger partial charge is 0.267 e. The Labute approximate surface area is 187 Å². The maximum Gasteiger partial charge on any atom is 0.290 e. The van der Waals surface area contributed by atoms with Gasteiger partial charge in [-0.15, -0.1) is 11.3 Å². The third-order valence-electron chi connectivity index (χ3n) is 4.92. The highest BCUT2D eigenvalue weighted by Crippen LogP contribution is 2.21. The van der Waals surface area contributed by atoms with E-state index in [9.17, 15) is 14.4 Å². The first-order valence-corrected chi connectivity index (χ1v) is 10.9. The molecule has 0 spiro atoms. The summed E-state index contributed by atoms with van der Waals surface area (Å²) in [6.07, 6.45) is 0.625. The van der Waals surface area contributed by atoms with E-state index < -0.39 is 11.8 Å². The fourth-order valence-corrected chi connectivity index (χ4v) is 4.35. The largest absolute Gasteiger partial charge is 0.290 e. The number of hydrazine groups is 1. The van der Waals surface area contributed by atoms with Gasteiger partial charge in [-0.25, -0.2) is 9.67 Å². The van der Waals surface area contributed by atoms with Crippen molar-refractivity contribution in [2.24, 2.45) is 0 Å². The van der Waals surface area contributed by atoms with Crippen LogP contribution >= 0.6 is 11.3 Å². The van der Waals surface area contributed by atoms with E-state index in [2.05, 4.69) is 20.9 Å². The van der Waals surface area contributed by atoms with Crippen molar-refractivity contribution in [3.8, 4) is 0 Å². The summed E-state index contributed by atoms with van der Waals surface area (Å²) in [5.74, 6) is -1.07. The summed E-state index contributed by atoms with van der Waals surface area (Å²) in [5, 5.41) is 5.80. The third kappa shape index (κ3) is 4.28. The molecule has 9 heteroatoms. The Balaban J connectivity index is 1.51. The van der Waals surface area contributed by atoms with E-state index >= 15 is 0 Å². The molecule has 4 rings (SSSR count). The average molecular weight is 448 g/mol. The molecule has 2 aromatic carbocycles. The first kappa shape index (κ1) is 21.4. The molecule has 2 heterocycles. The van der Waals surface area contributed by atoms with E-state index in [0.717, 1.165) is 10.6 Å². The SMILES string of the molecule is CCn1nc(C(=O)NNC(=O)c2sc(Cc3ccccc3)nc2C)c2ccccc2c1=O. The summed E-state index contributed by atoms with van der Waals surface area (Å²) in [6.45, 7) is 3.85. The normalized spacial score (nSPS) is 10.8. The lowest BCUT2D eigenvalue weighted by Crippen LogP contribution is -2.42. The van der Waals surface area contributed by atoms with Crippen LogP contribution < -0.4 is 16.4 Å². The van der Waals surface area contributed by atoms with Crippen molar-refractivity contribution in [2.45, 2.75) is 26.8 Å². The Morgan fingerprint density at radius 2 is 1.62 bits per heavy atom. The molecular formula is C23H21N5O3S. The maximum atomic E-state index is 12.8. The van der Waals surface area contributed by atoms with Crippen LogP contribution in [0.3, 0.4) is 0 Å². The fourth-order valence-electron chi connectivity index (χ4n) is 3.36. The van der Waals surface area contributed by atoms with Gasteiger partial charge in [0.05, 0.1) is 16.1 Å². The molecule has 0 fully saturated rings. The van der Waals surface area contributed by atoms with Gasteiger partial charge in [0.25, 0.3) is 17.4 Å². The molecule has 0 aliphatic heterocycles. The van der Waals surface area contributed by atoms with Gasteiger partial charge in [0.1, 0.15) is 4.88 Å². The molecule has 162 valence electrons. The van der Waals surface area contributed by atoms with Gasteiger partial charge in [-0.3, -0.25) is 25.2 Å². The Morgan fingerprint density at radius 1 is 0.969 bits per heavy atom. The molecule has 0 bridgehead atoms. The lowest BCUT2D eigenvalue weighted by atomic mass is 10.1. The summed E-state index contributed by atoms with van der Waals surface area (Å²) in [6, 6.07) is 16.6. The van der Waals surface area contributed by atoms with Gasteiger partial charge >= 0.3 is 0 Å². The Hall–Kier alpha value is -3.85. The van der Waals surface area contributed by atoms with Crippen LogP contribution in [-0.2, 0) is 13.0 Å². The minimum Gasteiger partial charge on any atom is -0.267 e. The maximum absolute atomic E-state index is 12.8. The second kappa shape index (κ2) is 9.11. The molecule has 0 atom stereocenters. The molecule has 8 nitrogen and oxygen atoms in total. The number of amides is 2. The minimum atomic E-state index is -0.608. The number of hydrogen-bond donors (Lipinski definition) is 2. The van der Waals surface area contributed by atoms with Gasteiger partial charge in [0.15, 0.2) is 5.69 Å². The third-order valence-corrected chi connectivity index (χ3v) is 6.07. The van der Waals surface area contributed by atoms with Crippen LogP contribution in [0.15, 0.2) is 59.4 Å². The van der Waals surface area contributed by atoms with Crippen LogP contribution in [0.25, 0.3) is 10.8 Å². The molecule has 0 unspecified atom stereocenters. The number of fused-ring (bicyclic) bond motifs is 1. The van der Waals surface area contributed by atoms with Crippen molar-refractivity contribution >= 4 is 33.9 Å². The number of nitrogens with one attached hydrogen (secondary N) is 2. The highest BCUT2D eigenvalue weighted by atomic mass is 32.1. The molecule has 2 aromatic heterocycles. The summed E-state index contributed by atoms with van der Waals surface area (Å²) >= 11 is 1.28. The number of aromatic nitrogens is 3. The summed E-state index contributed by atoms with van der Waals surface area (Å²) in [4.78, 5) is 42.8. The summed E-state index contributed by atoms with van der Waals surface area (Å²) in [5.41, 5.74) is 6.34. The average Bonchev–Trinajstić information content (AvgIpc) is 3.18. The fraction of sp³-hybridized carbons (Fsp3) is 0.174. The molecule has 2 N–H and O–H groups in total. The lowest BCUT2D eigenvalue weighted by molar-refractivity contribution is 0.0845. The van der Waals surface area contributed by atoms with Crippen LogP contribution in [0.4, 0.5) is 0 Å². The van der Waals surface area contributed by atoms with Gasteiger partial charge in [-0.1, -0.05) is 48.5 Å². The standard InChI is InChI=1S/C23H21N5O3S/c1-3-28-23(31)17-12-8-7-11-16(17)19(27-28)21(29)25-26-22(30)20-14(2)24-18(32-20)13-15-9-5-4-6-10-15/h4-12H,3,13H2,1-2H3,(H,25,29)(H,26,30). The van der Waals surface area contributed by atoms with Crippen molar-refractivity contribution in [1.29, 1.82) is 0 Å². The zero-order valence-electron chi connectivity index (χ0n) is 17.6. The van der Waals surface area contributed by atoms with E-state index in [1.54, 1.807) is 38.1 Å². The van der Waals surface area contributed by atoms with E-state index in [1.165, 1.54) is 16.0 Å². The van der Waals surface area contributed by atoms with E-state index in [4.69, 9.17) is 0 Å². The van der Waals surface area contributed by atoms with Crippen LogP contribution in [-0.4, -0.2) is 26.6 Å². The first-order chi connectivity index (χ1) is 15.5. The van der Waals surface area contributed by atoms with Crippen LogP contribution in [0.1, 0.15) is 43.3 Å². The van der Waals surface area contributed by atoms with Crippen molar-refractivity contribution in [3.63, 3.8) is 0 Å². The topological polar surface area (TPSA) is 106 Å². The van der Waals surface area contributed by atoms with Crippen LogP contribution in [0.2, 0.25) is 0 Å². The Kier molecular flexibility index (Phi) is 6.09. The number of thiazole rings is 1. The Bertz CT molecular complexity index is 1360. The van der Waals surface area contributed by atoms with Gasteiger partial charge < -0.3 is 0 Å². The Morgan fingerprint density at radius 3 is 2.34 bits per heavy atom. The molecule has 0 radical (unpaired) electrons. The second-order valence-electron chi connectivity index (χ2n) is 7.11. The van der Waals surface area contributed by atoms with Gasteiger partial charge in [-0.2, -0.15) is 5.10 Å². The number of carbonyl (C=O) groups excluding carboxylic acids is 2. The first-order valence-electron chi connectivity index (χ1n) is 10.1. The molecule has 0 aliphatic carbocycles. The van der Waals surface area contributed by atoms with E-state index in [1.807, 2.05) is 30.3 Å². The number of nitrogens with zero attached hydrogens (tertiary/aromatic N) is 3. The molecule has 4 aromatic rings. The van der Waals surface area contributed by atoms with Crippen molar-refractivity contribution in [3.05, 3.63) is 91.8 Å². The molecule has 32 heavy (non-hydrogen) atoms. The van der Waals surface area contributed by atoms with E-state index in [0.29, 0.717) is 34.3 Å². The van der Waals surface area contributed by atoms with Gasteiger partial charge in [-0.05, 0) is 25.5 Å². The number of hydrogen-bond acceptors (Lipinski definition) is 6. The number of aryl methyl sites for hydroxylation is 2. The predicted molar refractivity (Wildman–Crippen MR) is 123 cm³/mol.